The Morgan fingerprint density at radius 1 is 1.04 bits per heavy atom. The third-order valence-electron chi connectivity index (χ3n) is 4.08. The number of sulfonamides is 1. The van der Waals surface area contributed by atoms with Gasteiger partial charge in [0.05, 0.1) is 4.90 Å². The maximum absolute atomic E-state index is 12.2. The van der Waals surface area contributed by atoms with Gasteiger partial charge in [0.1, 0.15) is 0 Å². The number of hydrogen-bond acceptors (Lipinski definition) is 3. The summed E-state index contributed by atoms with van der Waals surface area (Å²) in [5.74, 6) is 0.125. The first-order valence-electron chi connectivity index (χ1n) is 8.37. The highest BCUT2D eigenvalue weighted by atomic mass is 32.2. The number of amides is 1. The first-order chi connectivity index (χ1) is 11.9. The lowest BCUT2D eigenvalue weighted by Gasteiger charge is -2.15. The van der Waals surface area contributed by atoms with Crippen LogP contribution < -0.4 is 10.0 Å². The van der Waals surface area contributed by atoms with Gasteiger partial charge >= 0.3 is 0 Å². The van der Waals surface area contributed by atoms with Crippen molar-refractivity contribution in [2.24, 2.45) is 0 Å². The van der Waals surface area contributed by atoms with Crippen LogP contribution in [0.25, 0.3) is 0 Å². The fourth-order valence-corrected chi connectivity index (χ4v) is 3.51. The summed E-state index contributed by atoms with van der Waals surface area (Å²) in [5, 5.41) is 2.88. The molecule has 0 saturated carbocycles. The molecule has 0 aromatic heterocycles. The number of carbonyl (C=O) groups is 1. The molecule has 6 heteroatoms. The van der Waals surface area contributed by atoms with Crippen molar-refractivity contribution in [2.75, 3.05) is 11.9 Å². The molecule has 2 rings (SSSR count). The Labute approximate surface area is 149 Å². The van der Waals surface area contributed by atoms with Gasteiger partial charge in [0.25, 0.3) is 0 Å². The largest absolute Gasteiger partial charge is 0.326 e. The summed E-state index contributed by atoms with van der Waals surface area (Å²) in [6, 6.07) is 15.8. The lowest BCUT2D eigenvalue weighted by molar-refractivity contribution is -0.116. The highest BCUT2D eigenvalue weighted by molar-refractivity contribution is 7.89. The molecule has 0 fully saturated rings. The van der Waals surface area contributed by atoms with E-state index in [1.54, 1.807) is 18.2 Å². The molecule has 1 atom stereocenters. The smallest absolute Gasteiger partial charge is 0.240 e. The predicted molar refractivity (Wildman–Crippen MR) is 100 cm³/mol. The van der Waals surface area contributed by atoms with Crippen molar-refractivity contribution < 1.29 is 13.2 Å². The second-order valence-electron chi connectivity index (χ2n) is 5.91. The zero-order valence-corrected chi connectivity index (χ0v) is 15.3. The van der Waals surface area contributed by atoms with Crippen LogP contribution in [0.5, 0.6) is 0 Å². The molecule has 0 radical (unpaired) electrons. The summed E-state index contributed by atoms with van der Waals surface area (Å²) in [4.78, 5) is 12.3. The number of benzene rings is 2. The topological polar surface area (TPSA) is 75.3 Å². The molecule has 0 aliphatic rings. The maximum atomic E-state index is 12.2. The number of carbonyl (C=O) groups excluding carboxylic acids is 1. The minimum atomic E-state index is -3.58. The summed E-state index contributed by atoms with van der Waals surface area (Å²) in [6.07, 6.45) is 1.05. The molecule has 1 amide bonds. The Balaban J connectivity index is 1.92. The molecule has 0 aliphatic heterocycles. The van der Waals surface area contributed by atoms with Gasteiger partial charge in [-0.25, -0.2) is 13.1 Å². The zero-order chi connectivity index (χ0) is 18.3. The van der Waals surface area contributed by atoms with Gasteiger partial charge in [-0.05, 0) is 36.1 Å². The van der Waals surface area contributed by atoms with Gasteiger partial charge < -0.3 is 5.32 Å². The average molecular weight is 360 g/mol. The molecule has 2 aromatic rings. The van der Waals surface area contributed by atoms with Crippen LogP contribution in [-0.4, -0.2) is 20.9 Å². The van der Waals surface area contributed by atoms with Crippen LogP contribution in [0.3, 0.4) is 0 Å². The Morgan fingerprint density at radius 3 is 2.36 bits per heavy atom. The van der Waals surface area contributed by atoms with Crippen molar-refractivity contribution in [3.8, 4) is 0 Å². The van der Waals surface area contributed by atoms with E-state index < -0.39 is 10.0 Å². The fourth-order valence-electron chi connectivity index (χ4n) is 2.46. The monoisotopic (exact) mass is 360 g/mol. The molecular weight excluding hydrogens is 336 g/mol. The van der Waals surface area contributed by atoms with E-state index in [1.807, 2.05) is 24.3 Å². The Morgan fingerprint density at radius 2 is 1.68 bits per heavy atom. The van der Waals surface area contributed by atoms with E-state index in [0.717, 1.165) is 17.7 Å². The van der Waals surface area contributed by atoms with Crippen molar-refractivity contribution in [1.29, 1.82) is 0 Å². The van der Waals surface area contributed by atoms with Gasteiger partial charge in [0.2, 0.25) is 15.9 Å². The third-order valence-corrected chi connectivity index (χ3v) is 5.55. The van der Waals surface area contributed by atoms with Crippen LogP contribution in [0.1, 0.15) is 38.2 Å². The zero-order valence-electron chi connectivity index (χ0n) is 14.5. The molecule has 5 nitrogen and oxygen atoms in total. The van der Waals surface area contributed by atoms with Gasteiger partial charge in [-0.1, -0.05) is 50.2 Å². The van der Waals surface area contributed by atoms with Crippen LogP contribution in [0, 0.1) is 0 Å². The van der Waals surface area contributed by atoms with Crippen LogP contribution in [0.2, 0.25) is 0 Å². The fraction of sp³-hybridized carbons (Fsp3) is 0.316. The van der Waals surface area contributed by atoms with E-state index in [4.69, 9.17) is 0 Å². The minimum absolute atomic E-state index is 0.0502. The molecule has 0 heterocycles. The van der Waals surface area contributed by atoms with E-state index in [-0.39, 0.29) is 23.8 Å². The normalized spacial score (nSPS) is 12.6. The van der Waals surface area contributed by atoms with Gasteiger partial charge in [-0.3, -0.25) is 4.79 Å². The van der Waals surface area contributed by atoms with Crippen LogP contribution >= 0.6 is 0 Å². The van der Waals surface area contributed by atoms with Gasteiger partial charge in [-0.2, -0.15) is 0 Å². The first-order valence-corrected chi connectivity index (χ1v) is 9.86. The number of hydrogen-bond donors (Lipinski definition) is 2. The maximum Gasteiger partial charge on any atom is 0.240 e. The molecule has 25 heavy (non-hydrogen) atoms. The second-order valence-corrected chi connectivity index (χ2v) is 7.67. The average Bonchev–Trinajstić information content (AvgIpc) is 2.62. The summed E-state index contributed by atoms with van der Waals surface area (Å²) in [5.41, 5.74) is 1.87. The summed E-state index contributed by atoms with van der Waals surface area (Å²) < 4.78 is 26.7. The SMILES string of the molecule is CCC(C)c1ccccc1NC(=O)CCNS(=O)(=O)c1ccccc1. The molecular formula is C19H24N2O3S. The number of para-hydroxylation sites is 1. The Hall–Kier alpha value is -2.18. The van der Waals surface area contributed by atoms with Crippen molar-refractivity contribution in [1.82, 2.24) is 4.72 Å². The molecule has 2 aromatic carbocycles. The number of anilines is 1. The van der Waals surface area contributed by atoms with Crippen LogP contribution in [-0.2, 0) is 14.8 Å². The first kappa shape index (κ1) is 19.1. The third kappa shape index (κ3) is 5.41. The van der Waals surface area contributed by atoms with Gasteiger partial charge in [0, 0.05) is 18.7 Å². The minimum Gasteiger partial charge on any atom is -0.326 e. The van der Waals surface area contributed by atoms with Crippen molar-refractivity contribution >= 4 is 21.6 Å². The molecule has 0 bridgehead atoms. The highest BCUT2D eigenvalue weighted by Crippen LogP contribution is 2.26. The highest BCUT2D eigenvalue weighted by Gasteiger charge is 2.14. The number of nitrogens with one attached hydrogen (secondary N) is 2. The van der Waals surface area contributed by atoms with Crippen molar-refractivity contribution in [3.05, 3.63) is 60.2 Å². The van der Waals surface area contributed by atoms with E-state index >= 15 is 0 Å². The lowest BCUT2D eigenvalue weighted by atomic mass is 9.97. The van der Waals surface area contributed by atoms with Gasteiger partial charge in [0.15, 0.2) is 0 Å². The van der Waals surface area contributed by atoms with Crippen molar-refractivity contribution in [3.63, 3.8) is 0 Å². The van der Waals surface area contributed by atoms with E-state index in [1.165, 1.54) is 12.1 Å². The molecule has 134 valence electrons. The van der Waals surface area contributed by atoms with Gasteiger partial charge in [-0.15, -0.1) is 0 Å². The van der Waals surface area contributed by atoms with Crippen LogP contribution in [0.4, 0.5) is 5.69 Å². The quantitative estimate of drug-likeness (QED) is 0.756. The lowest BCUT2D eigenvalue weighted by Crippen LogP contribution is -2.28. The van der Waals surface area contributed by atoms with E-state index in [0.29, 0.717) is 5.92 Å². The molecule has 0 spiro atoms. The second kappa shape index (κ2) is 8.78. The van der Waals surface area contributed by atoms with Crippen LogP contribution in [0.15, 0.2) is 59.5 Å². The summed E-state index contributed by atoms with van der Waals surface area (Å²) in [7, 11) is -3.58. The Kier molecular flexibility index (Phi) is 6.73. The Bertz CT molecular complexity index is 804. The molecule has 0 saturated heterocycles. The summed E-state index contributed by atoms with van der Waals surface area (Å²) in [6.45, 7) is 4.26. The van der Waals surface area contributed by atoms with Crippen molar-refractivity contribution in [2.45, 2.75) is 37.5 Å². The van der Waals surface area contributed by atoms with E-state index in [9.17, 15) is 13.2 Å². The standard InChI is InChI=1S/C19H24N2O3S/c1-3-15(2)17-11-7-8-12-18(17)21-19(22)13-14-20-25(23,24)16-9-5-4-6-10-16/h4-12,15,20H,3,13-14H2,1-2H3,(H,21,22). The summed E-state index contributed by atoms with van der Waals surface area (Å²) >= 11 is 0. The van der Waals surface area contributed by atoms with E-state index in [2.05, 4.69) is 23.9 Å². The number of rotatable bonds is 8. The predicted octanol–water partition coefficient (Wildman–Crippen LogP) is 3.51. The molecule has 1 unspecified atom stereocenters. The molecule has 2 N–H and O–H groups in total. The molecule has 0 aliphatic carbocycles.